The number of hydrogen-bond donors (Lipinski definition) is 0. The summed E-state index contributed by atoms with van der Waals surface area (Å²) in [5.41, 5.74) is 3.63. The maximum absolute atomic E-state index is 12.6. The van der Waals surface area contributed by atoms with Gasteiger partial charge in [-0.2, -0.15) is 0 Å². The maximum atomic E-state index is 12.6. The van der Waals surface area contributed by atoms with Gasteiger partial charge in [0, 0.05) is 17.2 Å². The molecule has 5 heteroatoms. The number of ether oxygens (including phenoxy) is 3. The second-order valence-electron chi connectivity index (χ2n) is 9.48. The third-order valence-electron chi connectivity index (χ3n) is 6.25. The third-order valence-corrected chi connectivity index (χ3v) is 6.25. The molecule has 3 aromatic rings. The standard InChI is InChI=1S/C35H38O5/c1-3-5-8-11-28-12-14-29(15-13-28)16-17-30-18-22-33(23-19-30)40-35(37)31-20-24-32(25-21-31)38-26-9-6-7-10-27-39-34(36)4-2/h4,12-15,18-25H,2-3,5-11,26-27H2,1H3. The van der Waals surface area contributed by atoms with Crippen LogP contribution >= 0.6 is 0 Å². The SMILES string of the molecule is C=CC(=O)OCCCCCCOc1ccc(C(=O)Oc2ccc(C#Cc3ccc(CCCCC)cc3)cc2)cc1. The van der Waals surface area contributed by atoms with E-state index >= 15 is 0 Å². The summed E-state index contributed by atoms with van der Waals surface area (Å²) in [5.74, 6) is 6.71. The Kier molecular flexibility index (Phi) is 13.1. The summed E-state index contributed by atoms with van der Waals surface area (Å²) in [6, 6.07) is 22.5. The molecular weight excluding hydrogens is 500 g/mol. The van der Waals surface area contributed by atoms with Crippen LogP contribution in [0.2, 0.25) is 0 Å². The zero-order chi connectivity index (χ0) is 28.4. The molecule has 0 aliphatic carbocycles. The van der Waals surface area contributed by atoms with Crippen LogP contribution in [0, 0.1) is 11.8 Å². The lowest BCUT2D eigenvalue weighted by molar-refractivity contribution is -0.137. The highest BCUT2D eigenvalue weighted by atomic mass is 16.5. The number of aryl methyl sites for hydroxylation is 1. The molecule has 208 valence electrons. The molecule has 5 nitrogen and oxygen atoms in total. The molecule has 0 atom stereocenters. The number of rotatable bonds is 15. The fourth-order valence-corrected chi connectivity index (χ4v) is 3.92. The average molecular weight is 539 g/mol. The van der Waals surface area contributed by atoms with Gasteiger partial charge >= 0.3 is 11.9 Å². The second kappa shape index (κ2) is 17.3. The van der Waals surface area contributed by atoms with Crippen LogP contribution < -0.4 is 9.47 Å². The van der Waals surface area contributed by atoms with Crippen molar-refractivity contribution in [1.82, 2.24) is 0 Å². The molecule has 0 fully saturated rings. The molecule has 0 aromatic heterocycles. The number of hydrogen-bond acceptors (Lipinski definition) is 5. The topological polar surface area (TPSA) is 61.8 Å². The van der Waals surface area contributed by atoms with E-state index in [1.54, 1.807) is 36.4 Å². The molecule has 0 heterocycles. The van der Waals surface area contributed by atoms with Crippen molar-refractivity contribution >= 4 is 11.9 Å². The molecule has 0 N–H and O–H groups in total. The highest BCUT2D eigenvalue weighted by Gasteiger charge is 2.09. The molecule has 3 rings (SSSR count). The van der Waals surface area contributed by atoms with Crippen molar-refractivity contribution in [1.29, 1.82) is 0 Å². The van der Waals surface area contributed by atoms with Gasteiger partial charge in [0.15, 0.2) is 0 Å². The number of carbonyl (C=O) groups excluding carboxylic acids is 2. The first kappa shape index (κ1) is 30.2. The lowest BCUT2D eigenvalue weighted by Gasteiger charge is -2.08. The third kappa shape index (κ3) is 11.2. The van der Waals surface area contributed by atoms with Gasteiger partial charge in [-0.15, -0.1) is 0 Å². The van der Waals surface area contributed by atoms with E-state index in [1.165, 1.54) is 30.9 Å². The van der Waals surface area contributed by atoms with Crippen molar-refractivity contribution in [2.45, 2.75) is 58.3 Å². The summed E-state index contributed by atoms with van der Waals surface area (Å²) >= 11 is 0. The van der Waals surface area contributed by atoms with Crippen molar-refractivity contribution in [3.8, 4) is 23.3 Å². The zero-order valence-electron chi connectivity index (χ0n) is 23.3. The summed E-state index contributed by atoms with van der Waals surface area (Å²) in [4.78, 5) is 23.5. The van der Waals surface area contributed by atoms with E-state index in [1.807, 2.05) is 12.1 Å². The van der Waals surface area contributed by atoms with Crippen molar-refractivity contribution < 1.29 is 23.8 Å². The van der Waals surface area contributed by atoms with Gasteiger partial charge in [0.05, 0.1) is 18.8 Å². The average Bonchev–Trinajstić information content (AvgIpc) is 2.99. The normalized spacial score (nSPS) is 10.2. The minimum atomic E-state index is -0.429. The number of carbonyl (C=O) groups is 2. The highest BCUT2D eigenvalue weighted by molar-refractivity contribution is 5.91. The fourth-order valence-electron chi connectivity index (χ4n) is 3.92. The van der Waals surface area contributed by atoms with Crippen LogP contribution in [0.25, 0.3) is 0 Å². The Hall–Kier alpha value is -4.30. The predicted octanol–water partition coefficient (Wildman–Crippen LogP) is 7.71. The first-order valence-corrected chi connectivity index (χ1v) is 14.0. The van der Waals surface area contributed by atoms with E-state index in [0.717, 1.165) is 43.2 Å². The number of unbranched alkanes of at least 4 members (excludes halogenated alkanes) is 5. The quantitative estimate of drug-likeness (QED) is 0.0652. The summed E-state index contributed by atoms with van der Waals surface area (Å²) in [6.45, 7) is 6.57. The fraction of sp³-hybridized carbons (Fsp3) is 0.314. The Balaban J connectivity index is 1.38. The van der Waals surface area contributed by atoms with Gasteiger partial charge in [-0.3, -0.25) is 0 Å². The zero-order valence-corrected chi connectivity index (χ0v) is 23.3. The van der Waals surface area contributed by atoms with Crippen LogP contribution in [-0.2, 0) is 16.0 Å². The summed E-state index contributed by atoms with van der Waals surface area (Å²) < 4.78 is 16.2. The molecule has 40 heavy (non-hydrogen) atoms. The summed E-state index contributed by atoms with van der Waals surface area (Å²) in [7, 11) is 0. The Bertz CT molecular complexity index is 1260. The van der Waals surface area contributed by atoms with Gasteiger partial charge in [-0.1, -0.05) is 50.3 Å². The van der Waals surface area contributed by atoms with Crippen LogP contribution in [0.3, 0.4) is 0 Å². The van der Waals surface area contributed by atoms with E-state index in [9.17, 15) is 9.59 Å². The Morgan fingerprint density at radius 3 is 1.95 bits per heavy atom. The molecule has 0 saturated carbocycles. The van der Waals surface area contributed by atoms with E-state index in [2.05, 4.69) is 49.6 Å². The van der Waals surface area contributed by atoms with Crippen molar-refractivity contribution in [3.05, 3.63) is 108 Å². The molecule has 0 radical (unpaired) electrons. The van der Waals surface area contributed by atoms with Crippen molar-refractivity contribution in [2.24, 2.45) is 0 Å². The van der Waals surface area contributed by atoms with Gasteiger partial charge in [-0.25, -0.2) is 9.59 Å². The smallest absolute Gasteiger partial charge is 0.343 e. The molecule has 0 bridgehead atoms. The van der Waals surface area contributed by atoms with Gasteiger partial charge in [0.1, 0.15) is 11.5 Å². The van der Waals surface area contributed by atoms with Gasteiger partial charge in [0.25, 0.3) is 0 Å². The van der Waals surface area contributed by atoms with Gasteiger partial charge in [-0.05, 0) is 105 Å². The molecule has 0 saturated heterocycles. The lowest BCUT2D eigenvalue weighted by Crippen LogP contribution is -2.08. The van der Waals surface area contributed by atoms with E-state index in [0.29, 0.717) is 30.3 Å². The number of benzene rings is 3. The van der Waals surface area contributed by atoms with E-state index in [-0.39, 0.29) is 5.97 Å². The van der Waals surface area contributed by atoms with Crippen LogP contribution in [-0.4, -0.2) is 25.2 Å². The van der Waals surface area contributed by atoms with Crippen LogP contribution in [0.15, 0.2) is 85.5 Å². The molecule has 0 aliphatic heterocycles. The largest absolute Gasteiger partial charge is 0.494 e. The first-order valence-electron chi connectivity index (χ1n) is 14.0. The molecule has 0 spiro atoms. The summed E-state index contributed by atoms with van der Waals surface area (Å²) in [5, 5.41) is 0. The summed E-state index contributed by atoms with van der Waals surface area (Å²) in [6.07, 6.45) is 9.64. The minimum Gasteiger partial charge on any atom is -0.494 e. The van der Waals surface area contributed by atoms with Crippen LogP contribution in [0.1, 0.15) is 78.9 Å². The Labute approximate surface area is 238 Å². The Morgan fingerprint density at radius 1 is 0.725 bits per heavy atom. The van der Waals surface area contributed by atoms with E-state index in [4.69, 9.17) is 14.2 Å². The van der Waals surface area contributed by atoms with Gasteiger partial charge < -0.3 is 14.2 Å². The van der Waals surface area contributed by atoms with Crippen LogP contribution in [0.5, 0.6) is 11.5 Å². The van der Waals surface area contributed by atoms with Crippen LogP contribution in [0.4, 0.5) is 0 Å². The predicted molar refractivity (Wildman–Crippen MR) is 159 cm³/mol. The molecule has 0 unspecified atom stereocenters. The lowest BCUT2D eigenvalue weighted by atomic mass is 10.1. The minimum absolute atomic E-state index is 0.385. The molecule has 0 amide bonds. The van der Waals surface area contributed by atoms with Crippen molar-refractivity contribution in [2.75, 3.05) is 13.2 Å². The monoisotopic (exact) mass is 538 g/mol. The van der Waals surface area contributed by atoms with Crippen molar-refractivity contribution in [3.63, 3.8) is 0 Å². The molecule has 3 aromatic carbocycles. The second-order valence-corrected chi connectivity index (χ2v) is 9.48. The molecule has 0 aliphatic rings. The Morgan fingerprint density at radius 2 is 1.32 bits per heavy atom. The molecular formula is C35H38O5. The highest BCUT2D eigenvalue weighted by Crippen LogP contribution is 2.17. The maximum Gasteiger partial charge on any atom is 0.343 e. The first-order chi connectivity index (χ1) is 19.6. The van der Waals surface area contributed by atoms with E-state index < -0.39 is 5.97 Å². The van der Waals surface area contributed by atoms with Gasteiger partial charge in [0.2, 0.25) is 0 Å². The number of esters is 2.